The summed E-state index contributed by atoms with van der Waals surface area (Å²) in [5.41, 5.74) is 3.60. The third-order valence-electron chi connectivity index (χ3n) is 2.70. The summed E-state index contributed by atoms with van der Waals surface area (Å²) in [6, 6.07) is 8.25. The number of benzene rings is 1. The van der Waals surface area contributed by atoms with E-state index in [-0.39, 0.29) is 0 Å². The van der Waals surface area contributed by atoms with Crippen LogP contribution in [0.3, 0.4) is 0 Å². The largest absolute Gasteiger partial charge is 0.465 e. The van der Waals surface area contributed by atoms with Crippen molar-refractivity contribution in [3.05, 3.63) is 51.4 Å². The summed E-state index contributed by atoms with van der Waals surface area (Å²) in [5, 5.41) is 3.37. The van der Waals surface area contributed by atoms with Gasteiger partial charge >= 0.3 is 0 Å². The van der Waals surface area contributed by atoms with Crippen LogP contribution in [0, 0.1) is 20.8 Å². The molecule has 0 saturated heterocycles. The Hall–Kier alpha value is -1.22. The Morgan fingerprint density at radius 2 is 1.76 bits per heavy atom. The molecule has 0 amide bonds. The Labute approximate surface area is 110 Å². The van der Waals surface area contributed by atoms with Gasteiger partial charge in [0.2, 0.25) is 0 Å². The van der Waals surface area contributed by atoms with E-state index >= 15 is 0 Å². The van der Waals surface area contributed by atoms with Crippen molar-refractivity contribution in [3.8, 4) is 0 Å². The number of aryl methyl sites for hydroxylation is 3. The number of furan rings is 1. The highest BCUT2D eigenvalue weighted by molar-refractivity contribution is 9.10. The number of anilines is 1. The van der Waals surface area contributed by atoms with Gasteiger partial charge in [-0.05, 0) is 56.2 Å². The second kappa shape index (κ2) is 4.96. The van der Waals surface area contributed by atoms with Crippen molar-refractivity contribution in [1.29, 1.82) is 0 Å². The summed E-state index contributed by atoms with van der Waals surface area (Å²) in [4.78, 5) is 0. The van der Waals surface area contributed by atoms with Crippen molar-refractivity contribution in [2.45, 2.75) is 27.3 Å². The first-order valence-electron chi connectivity index (χ1n) is 5.62. The van der Waals surface area contributed by atoms with Gasteiger partial charge in [0.05, 0.1) is 6.54 Å². The van der Waals surface area contributed by atoms with E-state index in [4.69, 9.17) is 4.42 Å². The highest BCUT2D eigenvalue weighted by Gasteiger charge is 2.03. The maximum Gasteiger partial charge on any atom is 0.123 e. The molecule has 2 aromatic rings. The Kier molecular flexibility index (Phi) is 3.57. The maximum atomic E-state index is 5.52. The van der Waals surface area contributed by atoms with E-state index in [9.17, 15) is 0 Å². The Morgan fingerprint density at radius 3 is 2.29 bits per heavy atom. The molecule has 0 bridgehead atoms. The Balaban J connectivity index is 2.09. The summed E-state index contributed by atoms with van der Waals surface area (Å²) in [6.07, 6.45) is 0. The average molecular weight is 294 g/mol. The van der Waals surface area contributed by atoms with E-state index in [1.165, 1.54) is 15.6 Å². The molecule has 3 heteroatoms. The van der Waals surface area contributed by atoms with Crippen LogP contribution < -0.4 is 5.32 Å². The molecular formula is C14H16BrNO. The van der Waals surface area contributed by atoms with Crippen molar-refractivity contribution in [2.24, 2.45) is 0 Å². The van der Waals surface area contributed by atoms with Crippen LogP contribution in [0.2, 0.25) is 0 Å². The van der Waals surface area contributed by atoms with Crippen LogP contribution in [-0.4, -0.2) is 0 Å². The highest BCUT2D eigenvalue weighted by atomic mass is 79.9. The molecule has 0 saturated carbocycles. The molecule has 1 aromatic heterocycles. The Morgan fingerprint density at radius 1 is 1.12 bits per heavy atom. The number of halogens is 1. The van der Waals surface area contributed by atoms with Gasteiger partial charge in [-0.2, -0.15) is 0 Å². The molecular weight excluding hydrogens is 278 g/mol. The lowest BCUT2D eigenvalue weighted by molar-refractivity contribution is 0.490. The van der Waals surface area contributed by atoms with Gasteiger partial charge < -0.3 is 9.73 Å². The SMILES string of the molecule is Cc1ccc(CNc2cc(C)c(Br)c(C)c2)o1. The molecule has 17 heavy (non-hydrogen) atoms. The monoisotopic (exact) mass is 293 g/mol. The first-order valence-corrected chi connectivity index (χ1v) is 6.41. The second-order valence-corrected chi connectivity index (χ2v) is 5.08. The summed E-state index contributed by atoms with van der Waals surface area (Å²) in [6.45, 7) is 6.87. The van der Waals surface area contributed by atoms with Crippen molar-refractivity contribution < 1.29 is 4.42 Å². The normalized spacial score (nSPS) is 10.6. The number of hydrogen-bond acceptors (Lipinski definition) is 2. The van der Waals surface area contributed by atoms with Gasteiger partial charge in [0.15, 0.2) is 0 Å². The standard InChI is InChI=1S/C14H16BrNO/c1-9-6-12(7-10(2)14(9)15)16-8-13-5-4-11(3)17-13/h4-7,16H,8H2,1-3H3. The van der Waals surface area contributed by atoms with E-state index in [1.54, 1.807) is 0 Å². The first-order chi connectivity index (χ1) is 8.06. The molecule has 90 valence electrons. The van der Waals surface area contributed by atoms with Crippen LogP contribution in [0.1, 0.15) is 22.6 Å². The molecule has 2 nitrogen and oxygen atoms in total. The third-order valence-corrected chi connectivity index (χ3v) is 3.95. The van der Waals surface area contributed by atoms with E-state index < -0.39 is 0 Å². The smallest absolute Gasteiger partial charge is 0.123 e. The lowest BCUT2D eigenvalue weighted by Gasteiger charge is -2.09. The highest BCUT2D eigenvalue weighted by Crippen LogP contribution is 2.25. The van der Waals surface area contributed by atoms with Gasteiger partial charge in [-0.15, -0.1) is 0 Å². The van der Waals surface area contributed by atoms with Gasteiger partial charge in [0.1, 0.15) is 11.5 Å². The fourth-order valence-corrected chi connectivity index (χ4v) is 2.05. The maximum absolute atomic E-state index is 5.52. The number of rotatable bonds is 3. The molecule has 2 rings (SSSR count). The molecule has 1 N–H and O–H groups in total. The summed E-state index contributed by atoms with van der Waals surface area (Å²) < 4.78 is 6.70. The number of nitrogens with one attached hydrogen (secondary N) is 1. The van der Waals surface area contributed by atoms with Crippen molar-refractivity contribution in [3.63, 3.8) is 0 Å². The molecule has 0 aliphatic carbocycles. The molecule has 0 atom stereocenters. The van der Waals surface area contributed by atoms with Gasteiger partial charge in [0, 0.05) is 10.2 Å². The van der Waals surface area contributed by atoms with E-state index in [1.807, 2.05) is 19.1 Å². The lowest BCUT2D eigenvalue weighted by Crippen LogP contribution is -1.99. The quantitative estimate of drug-likeness (QED) is 0.896. The zero-order valence-electron chi connectivity index (χ0n) is 10.3. The molecule has 0 aliphatic rings. The average Bonchev–Trinajstić information content (AvgIpc) is 2.69. The van der Waals surface area contributed by atoms with Gasteiger partial charge in [-0.1, -0.05) is 15.9 Å². The predicted molar refractivity (Wildman–Crippen MR) is 74.4 cm³/mol. The topological polar surface area (TPSA) is 25.2 Å². The van der Waals surface area contributed by atoms with Crippen LogP contribution in [0.25, 0.3) is 0 Å². The minimum Gasteiger partial charge on any atom is -0.465 e. The second-order valence-electron chi connectivity index (χ2n) is 4.29. The molecule has 0 spiro atoms. The van der Waals surface area contributed by atoms with Crippen molar-refractivity contribution >= 4 is 21.6 Å². The third kappa shape index (κ3) is 2.91. The van der Waals surface area contributed by atoms with Gasteiger partial charge in [-0.3, -0.25) is 0 Å². The van der Waals surface area contributed by atoms with Crippen molar-refractivity contribution in [1.82, 2.24) is 0 Å². The van der Waals surface area contributed by atoms with E-state index in [0.717, 1.165) is 17.2 Å². The predicted octanol–water partition coefficient (Wildman–Crippen LogP) is 4.58. The molecule has 0 fully saturated rings. The fourth-order valence-electron chi connectivity index (χ4n) is 1.82. The van der Waals surface area contributed by atoms with Crippen LogP contribution in [0.15, 0.2) is 33.2 Å². The lowest BCUT2D eigenvalue weighted by atomic mass is 10.1. The van der Waals surface area contributed by atoms with Crippen molar-refractivity contribution in [2.75, 3.05) is 5.32 Å². The summed E-state index contributed by atoms with van der Waals surface area (Å²) in [7, 11) is 0. The van der Waals surface area contributed by atoms with Gasteiger partial charge in [-0.25, -0.2) is 0 Å². The van der Waals surface area contributed by atoms with Gasteiger partial charge in [0.25, 0.3) is 0 Å². The zero-order valence-corrected chi connectivity index (χ0v) is 11.9. The summed E-state index contributed by atoms with van der Waals surface area (Å²) >= 11 is 3.57. The first kappa shape index (κ1) is 12.2. The summed E-state index contributed by atoms with van der Waals surface area (Å²) in [5.74, 6) is 1.91. The van der Waals surface area contributed by atoms with E-state index in [2.05, 4.69) is 47.2 Å². The minimum atomic E-state index is 0.717. The fraction of sp³-hybridized carbons (Fsp3) is 0.286. The molecule has 1 heterocycles. The molecule has 0 aliphatic heterocycles. The molecule has 1 aromatic carbocycles. The van der Waals surface area contributed by atoms with Crippen LogP contribution in [0.4, 0.5) is 5.69 Å². The number of hydrogen-bond donors (Lipinski definition) is 1. The van der Waals surface area contributed by atoms with Crippen LogP contribution in [0.5, 0.6) is 0 Å². The zero-order chi connectivity index (χ0) is 12.4. The Bertz CT molecular complexity index is 508. The molecule has 0 radical (unpaired) electrons. The van der Waals surface area contributed by atoms with Crippen LogP contribution >= 0.6 is 15.9 Å². The molecule has 0 unspecified atom stereocenters. The van der Waals surface area contributed by atoms with E-state index in [0.29, 0.717) is 6.54 Å². The minimum absolute atomic E-state index is 0.717. The van der Waals surface area contributed by atoms with Crippen LogP contribution in [-0.2, 0) is 6.54 Å².